The summed E-state index contributed by atoms with van der Waals surface area (Å²) in [5, 5.41) is 0. The zero-order valence-corrected chi connectivity index (χ0v) is 73.5. The van der Waals surface area contributed by atoms with Crippen LogP contribution in [-0.4, -0.2) is 65.4 Å². The molecule has 0 N–H and O–H groups in total. The molecule has 4 rings (SSSR count). The standard InChI is InChI=1S/C101H164O12/c1-9-15-21-27-33-39-45-51-57-71-106-96-79-88(80-97(107-72-58-52-46-40-34-28-22-16-10-2)100(96)110-75-61-55-49-43-37-31-25-19-13-5)84-112-92-69-65-86(77-94(92)104-7)63-67-90(102)83-91(103)68-64-87-66-70-93(95(78-87)105-8)113-85-89-81-98(108-73-59-53-47-41-35-29-23-17-11-3)101(111-76-62-56-50-44-38-32-26-20-14-6)99(82-89)109-74-60-54-48-42-36-30-24-18-12-4/h63-70,77-82H,9-62,71-76,83-85H2,1-8H3/b67-63+,68-64+. The van der Waals surface area contributed by atoms with E-state index in [-0.39, 0.29) is 31.2 Å². The van der Waals surface area contributed by atoms with Gasteiger partial charge in [-0.15, -0.1) is 0 Å². The molecule has 0 atom stereocenters. The van der Waals surface area contributed by atoms with E-state index in [9.17, 15) is 9.59 Å². The second kappa shape index (κ2) is 70.0. The first kappa shape index (κ1) is 99.1. The second-order valence-electron chi connectivity index (χ2n) is 32.1. The molecule has 0 saturated carbocycles. The number of carbonyl (C=O) groups is 2. The maximum atomic E-state index is 13.4. The monoisotopic (exact) mass is 1570 g/mol. The fourth-order valence-corrected chi connectivity index (χ4v) is 14.5. The Balaban J connectivity index is 1.45. The minimum Gasteiger partial charge on any atom is -0.493 e. The first-order valence-corrected chi connectivity index (χ1v) is 46.8. The number of benzene rings is 4. The van der Waals surface area contributed by atoms with Crippen LogP contribution in [0.1, 0.15) is 417 Å². The minimum absolute atomic E-state index is 0.240. The quantitative estimate of drug-likeness (QED) is 0.0237. The highest BCUT2D eigenvalue weighted by atomic mass is 16.6. The van der Waals surface area contributed by atoms with Crippen molar-refractivity contribution in [1.82, 2.24) is 0 Å². The molecular formula is C101H164O12. The Kier molecular flexibility index (Phi) is 61.3. The van der Waals surface area contributed by atoms with Crippen molar-refractivity contribution < 1.29 is 57.0 Å². The molecule has 0 amide bonds. The second-order valence-corrected chi connectivity index (χ2v) is 32.1. The fraction of sp³-hybridized carbons (Fsp3) is 0.703. The van der Waals surface area contributed by atoms with Crippen molar-refractivity contribution in [2.45, 2.75) is 408 Å². The SMILES string of the molecule is CCCCCCCCCCCOc1cc(COc2ccc(/C=C/C(=O)CC(=O)/C=C/c3ccc(OCc4cc(OCCCCCCCCCCC)c(OCCCCCCCCCCC)c(OCCCCCCCCCCC)c4)c(OC)c3)cc2OC)cc(OCCCCCCCCCCC)c1OCCCCCCCCCCC. The number of hydrogen-bond donors (Lipinski definition) is 0. The van der Waals surface area contributed by atoms with Crippen LogP contribution >= 0.6 is 0 Å². The predicted octanol–water partition coefficient (Wildman–Crippen LogP) is 30.6. The Morgan fingerprint density at radius 2 is 0.451 bits per heavy atom. The lowest BCUT2D eigenvalue weighted by atomic mass is 10.1. The van der Waals surface area contributed by atoms with E-state index in [1.807, 2.05) is 36.4 Å². The molecule has 0 heterocycles. The zero-order valence-electron chi connectivity index (χ0n) is 73.5. The Hall–Kier alpha value is -6.30. The minimum atomic E-state index is -0.319. The normalized spacial score (nSPS) is 11.5. The highest BCUT2D eigenvalue weighted by molar-refractivity contribution is 6.11. The van der Waals surface area contributed by atoms with Gasteiger partial charge in [-0.3, -0.25) is 9.59 Å². The van der Waals surface area contributed by atoms with Crippen LogP contribution < -0.4 is 47.4 Å². The Bertz CT molecular complexity index is 2730. The molecule has 0 saturated heterocycles. The van der Waals surface area contributed by atoms with Crippen LogP contribution in [0.5, 0.6) is 57.5 Å². The van der Waals surface area contributed by atoms with Gasteiger partial charge in [0, 0.05) is 0 Å². The summed E-state index contributed by atoms with van der Waals surface area (Å²) in [7, 11) is 3.23. The summed E-state index contributed by atoms with van der Waals surface area (Å²) in [6, 6.07) is 19.4. The van der Waals surface area contributed by atoms with Gasteiger partial charge in [0.1, 0.15) is 13.2 Å². The molecule has 0 spiro atoms. The molecule has 0 unspecified atom stereocenters. The van der Waals surface area contributed by atoms with Crippen molar-refractivity contribution in [2.75, 3.05) is 53.9 Å². The highest BCUT2D eigenvalue weighted by Crippen LogP contribution is 2.43. The molecule has 4 aromatic rings. The van der Waals surface area contributed by atoms with Crippen molar-refractivity contribution in [3.8, 4) is 57.5 Å². The van der Waals surface area contributed by atoms with Crippen molar-refractivity contribution >= 4 is 23.7 Å². The molecule has 0 fully saturated rings. The van der Waals surface area contributed by atoms with E-state index in [1.165, 1.54) is 282 Å². The van der Waals surface area contributed by atoms with Gasteiger partial charge in [0.2, 0.25) is 11.5 Å². The number of allylic oxidation sites excluding steroid dienone is 2. The van der Waals surface area contributed by atoms with Crippen molar-refractivity contribution in [3.05, 3.63) is 95.1 Å². The summed E-state index contributed by atoms with van der Waals surface area (Å²) in [4.78, 5) is 26.8. The van der Waals surface area contributed by atoms with Crippen molar-refractivity contribution in [3.63, 3.8) is 0 Å². The predicted molar refractivity (Wildman–Crippen MR) is 477 cm³/mol. The summed E-state index contributed by atoms with van der Waals surface area (Å²) in [5.74, 6) is 5.69. The number of methoxy groups -OCH3 is 2. The lowest BCUT2D eigenvalue weighted by molar-refractivity contribution is -0.121. The van der Waals surface area contributed by atoms with E-state index in [1.54, 1.807) is 26.4 Å². The molecule has 0 bridgehead atoms. The lowest BCUT2D eigenvalue weighted by Crippen LogP contribution is -2.08. The van der Waals surface area contributed by atoms with E-state index in [0.717, 1.165) is 99.3 Å². The molecule has 640 valence electrons. The van der Waals surface area contributed by atoms with Crippen molar-refractivity contribution in [2.24, 2.45) is 0 Å². The van der Waals surface area contributed by atoms with Crippen LogP contribution in [0.3, 0.4) is 0 Å². The van der Waals surface area contributed by atoms with Gasteiger partial charge >= 0.3 is 0 Å². The number of ketones is 2. The molecule has 0 aliphatic carbocycles. The number of ether oxygens (including phenoxy) is 10. The summed E-state index contributed by atoms with van der Waals surface area (Å²) < 4.78 is 64.9. The van der Waals surface area contributed by atoms with Crippen LogP contribution in [0, 0.1) is 0 Å². The van der Waals surface area contributed by atoms with E-state index >= 15 is 0 Å². The molecule has 0 aliphatic heterocycles. The van der Waals surface area contributed by atoms with Crippen LogP contribution in [0.25, 0.3) is 12.2 Å². The zero-order chi connectivity index (χ0) is 80.8. The van der Waals surface area contributed by atoms with Gasteiger partial charge in [0.15, 0.2) is 57.6 Å². The van der Waals surface area contributed by atoms with Gasteiger partial charge in [-0.05, 0) is 121 Å². The molecular weight excluding hydrogens is 1410 g/mol. The fourth-order valence-electron chi connectivity index (χ4n) is 14.5. The first-order valence-electron chi connectivity index (χ1n) is 46.8. The van der Waals surface area contributed by atoms with E-state index < -0.39 is 0 Å². The number of rotatable bonds is 80. The third-order valence-corrected chi connectivity index (χ3v) is 21.6. The molecule has 0 aliphatic rings. The van der Waals surface area contributed by atoms with Gasteiger partial charge in [-0.25, -0.2) is 0 Å². The van der Waals surface area contributed by atoms with E-state index in [4.69, 9.17) is 47.4 Å². The van der Waals surface area contributed by atoms with Gasteiger partial charge in [0.05, 0.1) is 60.3 Å². The average Bonchev–Trinajstić information content (AvgIpc) is 0.820. The summed E-state index contributed by atoms with van der Waals surface area (Å²) in [6.07, 6.45) is 73.2. The van der Waals surface area contributed by atoms with Gasteiger partial charge in [-0.1, -0.05) is 374 Å². The topological polar surface area (TPSA) is 126 Å². The third kappa shape index (κ3) is 49.4. The molecule has 0 radical (unpaired) electrons. The number of carbonyl (C=O) groups excluding carboxylic acids is 2. The third-order valence-electron chi connectivity index (χ3n) is 21.6. The maximum absolute atomic E-state index is 13.4. The Labute approximate surface area is 691 Å². The first-order chi connectivity index (χ1) is 55.7. The molecule has 4 aromatic carbocycles. The van der Waals surface area contributed by atoms with Crippen molar-refractivity contribution in [1.29, 1.82) is 0 Å². The van der Waals surface area contributed by atoms with Gasteiger partial charge in [0.25, 0.3) is 0 Å². The van der Waals surface area contributed by atoms with E-state index in [2.05, 4.69) is 65.8 Å². The smallest absolute Gasteiger partial charge is 0.203 e. The molecule has 0 aromatic heterocycles. The van der Waals surface area contributed by atoms with Gasteiger partial charge in [-0.2, -0.15) is 0 Å². The molecule has 12 heteroatoms. The van der Waals surface area contributed by atoms with Gasteiger partial charge < -0.3 is 47.4 Å². The highest BCUT2D eigenvalue weighted by Gasteiger charge is 2.21. The maximum Gasteiger partial charge on any atom is 0.203 e. The number of hydrogen-bond acceptors (Lipinski definition) is 12. The van der Waals surface area contributed by atoms with Crippen LogP contribution in [0.4, 0.5) is 0 Å². The molecule has 113 heavy (non-hydrogen) atoms. The van der Waals surface area contributed by atoms with Crippen LogP contribution in [0.15, 0.2) is 72.8 Å². The van der Waals surface area contributed by atoms with E-state index in [0.29, 0.717) is 97.1 Å². The Morgan fingerprint density at radius 3 is 0.673 bits per heavy atom. The summed E-state index contributed by atoms with van der Waals surface area (Å²) >= 11 is 0. The summed E-state index contributed by atoms with van der Waals surface area (Å²) in [6.45, 7) is 17.8. The molecule has 12 nitrogen and oxygen atoms in total. The number of unbranched alkanes of at least 4 members (excludes halogenated alkanes) is 48. The largest absolute Gasteiger partial charge is 0.493 e. The average molecular weight is 1570 g/mol. The summed E-state index contributed by atoms with van der Waals surface area (Å²) in [5.41, 5.74) is 3.27. The van der Waals surface area contributed by atoms with Crippen LogP contribution in [0.2, 0.25) is 0 Å². The van der Waals surface area contributed by atoms with Crippen LogP contribution in [-0.2, 0) is 22.8 Å². The lowest BCUT2D eigenvalue weighted by Gasteiger charge is -2.19. The Morgan fingerprint density at radius 1 is 0.239 bits per heavy atom.